The fraction of sp³-hybridized carbons (Fsp3) is 0.333. The standard InChI is InChI=1S/C21H26N2O4/c1-15-5-7-17(8-6-15)14-23(16(2)24)12-11-22-21(25)18-9-10-19(26-3)20(13-18)27-4/h5-10,13H,11-12,14H2,1-4H3,(H,22,25). The van der Waals surface area contributed by atoms with Gasteiger partial charge in [0.15, 0.2) is 11.5 Å². The Kier molecular flexibility index (Phi) is 7.23. The number of hydrogen-bond donors (Lipinski definition) is 1. The molecule has 0 atom stereocenters. The number of carbonyl (C=O) groups excluding carboxylic acids is 2. The fourth-order valence-corrected chi connectivity index (χ4v) is 2.65. The lowest BCUT2D eigenvalue weighted by Crippen LogP contribution is -2.37. The zero-order valence-corrected chi connectivity index (χ0v) is 16.2. The summed E-state index contributed by atoms with van der Waals surface area (Å²) >= 11 is 0. The molecule has 2 aromatic rings. The van der Waals surface area contributed by atoms with Crippen LogP contribution in [0.1, 0.15) is 28.4 Å². The van der Waals surface area contributed by atoms with Crippen LogP contribution in [-0.2, 0) is 11.3 Å². The van der Waals surface area contributed by atoms with Crippen LogP contribution in [0.2, 0.25) is 0 Å². The SMILES string of the molecule is COc1ccc(C(=O)NCCN(Cc2ccc(C)cc2)C(C)=O)cc1OC. The molecule has 2 amide bonds. The second kappa shape index (κ2) is 9.62. The second-order valence-corrected chi connectivity index (χ2v) is 6.25. The maximum absolute atomic E-state index is 12.3. The van der Waals surface area contributed by atoms with E-state index in [2.05, 4.69) is 5.32 Å². The smallest absolute Gasteiger partial charge is 0.251 e. The number of carbonyl (C=O) groups is 2. The number of benzene rings is 2. The third-order valence-electron chi connectivity index (χ3n) is 4.25. The predicted molar refractivity (Wildman–Crippen MR) is 104 cm³/mol. The fourth-order valence-electron chi connectivity index (χ4n) is 2.65. The summed E-state index contributed by atoms with van der Waals surface area (Å²) in [5.74, 6) is 0.801. The molecule has 0 unspecified atom stereocenters. The molecule has 0 bridgehead atoms. The zero-order valence-electron chi connectivity index (χ0n) is 16.2. The number of amides is 2. The first-order valence-electron chi connectivity index (χ1n) is 8.76. The van der Waals surface area contributed by atoms with E-state index in [1.165, 1.54) is 19.6 Å². The maximum atomic E-state index is 12.3. The van der Waals surface area contributed by atoms with Gasteiger partial charge in [0.1, 0.15) is 0 Å². The molecule has 0 aliphatic heterocycles. The van der Waals surface area contributed by atoms with Crippen molar-refractivity contribution >= 4 is 11.8 Å². The van der Waals surface area contributed by atoms with Gasteiger partial charge < -0.3 is 19.7 Å². The molecule has 0 radical (unpaired) electrons. The van der Waals surface area contributed by atoms with E-state index in [9.17, 15) is 9.59 Å². The van der Waals surface area contributed by atoms with Gasteiger partial charge in [-0.2, -0.15) is 0 Å². The summed E-state index contributed by atoms with van der Waals surface area (Å²) in [5, 5.41) is 2.84. The molecule has 0 saturated carbocycles. The average molecular weight is 370 g/mol. The van der Waals surface area contributed by atoms with Crippen LogP contribution in [0, 0.1) is 6.92 Å². The first kappa shape index (κ1) is 20.3. The monoisotopic (exact) mass is 370 g/mol. The summed E-state index contributed by atoms with van der Waals surface area (Å²) in [6, 6.07) is 13.0. The topological polar surface area (TPSA) is 67.9 Å². The van der Waals surface area contributed by atoms with E-state index in [4.69, 9.17) is 9.47 Å². The maximum Gasteiger partial charge on any atom is 0.251 e. The van der Waals surface area contributed by atoms with Gasteiger partial charge in [0.25, 0.3) is 5.91 Å². The van der Waals surface area contributed by atoms with Gasteiger partial charge >= 0.3 is 0 Å². The normalized spacial score (nSPS) is 10.2. The van der Waals surface area contributed by atoms with E-state index in [-0.39, 0.29) is 11.8 Å². The lowest BCUT2D eigenvalue weighted by Gasteiger charge is -2.21. The van der Waals surface area contributed by atoms with Crippen LogP contribution in [0.25, 0.3) is 0 Å². The Bertz CT molecular complexity index is 787. The number of rotatable bonds is 8. The van der Waals surface area contributed by atoms with Crippen LogP contribution in [0.15, 0.2) is 42.5 Å². The predicted octanol–water partition coefficient (Wildman–Crippen LogP) is 2.79. The van der Waals surface area contributed by atoms with Crippen molar-refractivity contribution in [2.45, 2.75) is 20.4 Å². The number of ether oxygens (including phenoxy) is 2. The van der Waals surface area contributed by atoms with Gasteiger partial charge in [0.05, 0.1) is 14.2 Å². The molecular formula is C21H26N2O4. The van der Waals surface area contributed by atoms with Crippen LogP contribution >= 0.6 is 0 Å². The van der Waals surface area contributed by atoms with Gasteiger partial charge in [-0.15, -0.1) is 0 Å². The summed E-state index contributed by atoms with van der Waals surface area (Å²) in [7, 11) is 3.07. The van der Waals surface area contributed by atoms with Crippen molar-refractivity contribution in [1.82, 2.24) is 10.2 Å². The lowest BCUT2D eigenvalue weighted by atomic mass is 10.1. The molecule has 6 nitrogen and oxygen atoms in total. The van der Waals surface area contributed by atoms with Gasteiger partial charge in [-0.3, -0.25) is 9.59 Å². The van der Waals surface area contributed by atoms with Gasteiger partial charge in [-0.25, -0.2) is 0 Å². The Balaban J connectivity index is 1.93. The average Bonchev–Trinajstić information content (AvgIpc) is 2.67. The highest BCUT2D eigenvalue weighted by Gasteiger charge is 2.13. The first-order chi connectivity index (χ1) is 12.9. The van der Waals surface area contributed by atoms with Crippen LogP contribution in [0.5, 0.6) is 11.5 Å². The minimum absolute atomic E-state index is 0.0315. The highest BCUT2D eigenvalue weighted by Crippen LogP contribution is 2.27. The molecule has 2 rings (SSSR count). The Morgan fingerprint density at radius 2 is 1.67 bits per heavy atom. The summed E-state index contributed by atoms with van der Waals surface area (Å²) in [6.45, 7) is 4.86. The third-order valence-corrected chi connectivity index (χ3v) is 4.25. The van der Waals surface area contributed by atoms with E-state index >= 15 is 0 Å². The molecule has 144 valence electrons. The van der Waals surface area contributed by atoms with E-state index < -0.39 is 0 Å². The van der Waals surface area contributed by atoms with Gasteiger partial charge in [-0.05, 0) is 30.7 Å². The summed E-state index contributed by atoms with van der Waals surface area (Å²) in [4.78, 5) is 26.0. The number of methoxy groups -OCH3 is 2. The van der Waals surface area contributed by atoms with Crippen molar-refractivity contribution in [2.24, 2.45) is 0 Å². The number of nitrogens with zero attached hydrogens (tertiary/aromatic N) is 1. The van der Waals surface area contributed by atoms with Crippen molar-refractivity contribution in [3.05, 3.63) is 59.2 Å². The largest absolute Gasteiger partial charge is 0.493 e. The van der Waals surface area contributed by atoms with E-state index in [1.54, 1.807) is 30.2 Å². The number of hydrogen-bond acceptors (Lipinski definition) is 4. The van der Waals surface area contributed by atoms with Crippen molar-refractivity contribution in [3.63, 3.8) is 0 Å². The van der Waals surface area contributed by atoms with Gasteiger partial charge in [-0.1, -0.05) is 29.8 Å². The zero-order chi connectivity index (χ0) is 19.8. The van der Waals surface area contributed by atoms with Crippen LogP contribution < -0.4 is 14.8 Å². The van der Waals surface area contributed by atoms with Crippen molar-refractivity contribution in [3.8, 4) is 11.5 Å². The number of aryl methyl sites for hydroxylation is 1. The Morgan fingerprint density at radius 3 is 2.26 bits per heavy atom. The molecule has 27 heavy (non-hydrogen) atoms. The lowest BCUT2D eigenvalue weighted by molar-refractivity contribution is -0.129. The van der Waals surface area contributed by atoms with Crippen LogP contribution in [-0.4, -0.2) is 44.0 Å². The molecule has 1 N–H and O–H groups in total. The minimum atomic E-state index is -0.227. The van der Waals surface area contributed by atoms with E-state index in [0.29, 0.717) is 36.7 Å². The summed E-state index contributed by atoms with van der Waals surface area (Å²) in [6.07, 6.45) is 0. The van der Waals surface area contributed by atoms with E-state index in [1.807, 2.05) is 31.2 Å². The molecule has 0 heterocycles. The van der Waals surface area contributed by atoms with Crippen LogP contribution in [0.3, 0.4) is 0 Å². The molecule has 0 aliphatic carbocycles. The van der Waals surface area contributed by atoms with E-state index in [0.717, 1.165) is 5.56 Å². The highest BCUT2D eigenvalue weighted by atomic mass is 16.5. The van der Waals surface area contributed by atoms with Crippen molar-refractivity contribution in [1.29, 1.82) is 0 Å². The molecule has 0 saturated heterocycles. The molecule has 0 fully saturated rings. The van der Waals surface area contributed by atoms with Crippen molar-refractivity contribution < 1.29 is 19.1 Å². The Morgan fingerprint density at radius 1 is 1.00 bits per heavy atom. The highest BCUT2D eigenvalue weighted by molar-refractivity contribution is 5.94. The minimum Gasteiger partial charge on any atom is -0.493 e. The van der Waals surface area contributed by atoms with Gasteiger partial charge in [0.2, 0.25) is 5.91 Å². The Labute approximate surface area is 160 Å². The first-order valence-corrected chi connectivity index (χ1v) is 8.76. The summed E-state index contributed by atoms with van der Waals surface area (Å²) in [5.41, 5.74) is 2.71. The quantitative estimate of drug-likeness (QED) is 0.776. The molecular weight excluding hydrogens is 344 g/mol. The molecule has 0 spiro atoms. The Hall–Kier alpha value is -3.02. The van der Waals surface area contributed by atoms with Gasteiger partial charge in [0, 0.05) is 32.1 Å². The number of nitrogens with one attached hydrogen (secondary N) is 1. The van der Waals surface area contributed by atoms with Crippen LogP contribution in [0.4, 0.5) is 0 Å². The molecule has 0 aliphatic rings. The second-order valence-electron chi connectivity index (χ2n) is 6.25. The molecule has 6 heteroatoms. The molecule has 0 aromatic heterocycles. The van der Waals surface area contributed by atoms with Crippen molar-refractivity contribution in [2.75, 3.05) is 27.3 Å². The third kappa shape index (κ3) is 5.74. The summed E-state index contributed by atoms with van der Waals surface area (Å²) < 4.78 is 10.4. The molecule has 2 aromatic carbocycles.